The van der Waals surface area contributed by atoms with Gasteiger partial charge in [0.15, 0.2) is 5.82 Å². The van der Waals surface area contributed by atoms with Gasteiger partial charge in [0, 0.05) is 38.4 Å². The lowest BCUT2D eigenvalue weighted by atomic mass is 9.99. The number of rotatable bonds is 4. The quantitative estimate of drug-likeness (QED) is 0.811. The van der Waals surface area contributed by atoms with Crippen LogP contribution in [0.25, 0.3) is 0 Å². The van der Waals surface area contributed by atoms with Gasteiger partial charge in [0.2, 0.25) is 10.0 Å². The molecule has 2 aromatic rings. The van der Waals surface area contributed by atoms with Gasteiger partial charge in [0.05, 0.1) is 12.8 Å². The molecular formula is C14H22N6O2S. The number of imidazole rings is 1. The second-order valence-electron chi connectivity index (χ2n) is 6.10. The lowest BCUT2D eigenvalue weighted by Crippen LogP contribution is -2.39. The molecule has 1 aliphatic heterocycles. The van der Waals surface area contributed by atoms with E-state index in [1.807, 2.05) is 29.3 Å². The van der Waals surface area contributed by atoms with Gasteiger partial charge in [-0.25, -0.2) is 17.7 Å². The average molecular weight is 338 g/mol. The van der Waals surface area contributed by atoms with Crippen LogP contribution in [-0.4, -0.2) is 56.4 Å². The fourth-order valence-corrected chi connectivity index (χ4v) is 3.96. The molecule has 0 bridgehead atoms. The maximum Gasteiger partial charge on any atom is 0.211 e. The molecule has 0 aromatic carbocycles. The summed E-state index contributed by atoms with van der Waals surface area (Å²) in [7, 11) is -1.22. The first-order valence-corrected chi connectivity index (χ1v) is 9.52. The van der Waals surface area contributed by atoms with Crippen LogP contribution in [0.1, 0.15) is 36.2 Å². The van der Waals surface area contributed by atoms with Crippen molar-refractivity contribution in [1.29, 1.82) is 0 Å². The Morgan fingerprint density at radius 2 is 2.13 bits per heavy atom. The second-order valence-corrected chi connectivity index (χ2v) is 8.08. The van der Waals surface area contributed by atoms with Crippen molar-refractivity contribution in [2.45, 2.75) is 32.2 Å². The van der Waals surface area contributed by atoms with Crippen LogP contribution in [0.5, 0.6) is 0 Å². The van der Waals surface area contributed by atoms with Crippen molar-refractivity contribution in [2.75, 3.05) is 19.3 Å². The predicted molar refractivity (Wildman–Crippen MR) is 85.5 cm³/mol. The smallest absolute Gasteiger partial charge is 0.211 e. The molecule has 0 aliphatic carbocycles. The van der Waals surface area contributed by atoms with Crippen LogP contribution in [0.3, 0.4) is 0 Å². The first-order valence-electron chi connectivity index (χ1n) is 7.67. The summed E-state index contributed by atoms with van der Waals surface area (Å²) in [6, 6.07) is 0. The molecule has 1 saturated heterocycles. The lowest BCUT2D eigenvalue weighted by molar-refractivity contribution is 0.307. The zero-order valence-electron chi connectivity index (χ0n) is 13.7. The molecule has 1 atom stereocenters. The molecule has 8 nitrogen and oxygen atoms in total. The van der Waals surface area contributed by atoms with E-state index in [-0.39, 0.29) is 5.92 Å². The second kappa shape index (κ2) is 6.04. The summed E-state index contributed by atoms with van der Waals surface area (Å²) in [4.78, 5) is 4.21. The fourth-order valence-electron chi connectivity index (χ4n) is 3.05. The van der Waals surface area contributed by atoms with Crippen LogP contribution < -0.4 is 0 Å². The standard InChI is InChI=1S/C14H22N6O2S/c1-11-15-6-8-19(11)10-13-16-17-14(18(13)2)12-5-4-7-20(9-12)23(3,21)22/h6,8,12H,4-5,7,9-10H2,1-3H3. The monoisotopic (exact) mass is 338 g/mol. The van der Waals surface area contributed by atoms with E-state index in [0.29, 0.717) is 19.6 Å². The lowest BCUT2D eigenvalue weighted by Gasteiger charge is -2.30. The van der Waals surface area contributed by atoms with Gasteiger partial charge in [-0.2, -0.15) is 0 Å². The molecule has 3 heterocycles. The Labute approximate surface area is 136 Å². The number of hydrogen-bond acceptors (Lipinski definition) is 5. The van der Waals surface area contributed by atoms with Crippen LogP contribution in [0.2, 0.25) is 0 Å². The summed E-state index contributed by atoms with van der Waals surface area (Å²) in [6.45, 7) is 3.63. The number of nitrogens with zero attached hydrogens (tertiary/aromatic N) is 6. The minimum absolute atomic E-state index is 0.0913. The molecule has 1 aliphatic rings. The topological polar surface area (TPSA) is 85.9 Å². The van der Waals surface area contributed by atoms with E-state index < -0.39 is 10.0 Å². The van der Waals surface area contributed by atoms with Gasteiger partial charge in [-0.1, -0.05) is 0 Å². The molecule has 2 aromatic heterocycles. The molecule has 23 heavy (non-hydrogen) atoms. The summed E-state index contributed by atoms with van der Waals surface area (Å²) < 4.78 is 29.1. The SMILES string of the molecule is Cc1nccn1Cc1nnc(C2CCCN(S(C)(=O)=O)C2)n1C. The van der Waals surface area contributed by atoms with E-state index in [9.17, 15) is 8.42 Å². The van der Waals surface area contributed by atoms with Crippen molar-refractivity contribution in [3.05, 3.63) is 29.9 Å². The molecule has 0 spiro atoms. The molecule has 0 N–H and O–H groups in total. The highest BCUT2D eigenvalue weighted by atomic mass is 32.2. The third-order valence-electron chi connectivity index (χ3n) is 4.45. The Hall–Kier alpha value is -1.74. The Bertz CT molecular complexity index is 794. The van der Waals surface area contributed by atoms with Gasteiger partial charge in [-0.3, -0.25) is 0 Å². The van der Waals surface area contributed by atoms with Gasteiger partial charge in [0.1, 0.15) is 11.6 Å². The molecule has 9 heteroatoms. The highest BCUT2D eigenvalue weighted by molar-refractivity contribution is 7.88. The first-order chi connectivity index (χ1) is 10.9. The van der Waals surface area contributed by atoms with Gasteiger partial charge in [0.25, 0.3) is 0 Å². The Balaban J connectivity index is 1.80. The van der Waals surface area contributed by atoms with E-state index in [0.717, 1.165) is 30.3 Å². The maximum absolute atomic E-state index is 11.8. The van der Waals surface area contributed by atoms with Crippen LogP contribution in [0, 0.1) is 6.92 Å². The molecule has 0 amide bonds. The van der Waals surface area contributed by atoms with Crippen molar-refractivity contribution in [1.82, 2.24) is 28.6 Å². The van der Waals surface area contributed by atoms with E-state index in [1.165, 1.54) is 10.6 Å². The number of aryl methyl sites for hydroxylation is 1. The van der Waals surface area contributed by atoms with Crippen LogP contribution in [0.15, 0.2) is 12.4 Å². The summed E-state index contributed by atoms with van der Waals surface area (Å²) in [5.74, 6) is 2.72. The number of piperidine rings is 1. The van der Waals surface area contributed by atoms with Crippen molar-refractivity contribution >= 4 is 10.0 Å². The van der Waals surface area contributed by atoms with Crippen LogP contribution in [0.4, 0.5) is 0 Å². The molecule has 0 saturated carbocycles. The summed E-state index contributed by atoms with van der Waals surface area (Å²) in [6.07, 6.45) is 6.72. The Morgan fingerprint density at radius 1 is 1.35 bits per heavy atom. The minimum atomic E-state index is -3.16. The molecule has 126 valence electrons. The summed E-state index contributed by atoms with van der Waals surface area (Å²) in [5.41, 5.74) is 0. The van der Waals surface area contributed by atoms with Crippen molar-refractivity contribution < 1.29 is 8.42 Å². The van der Waals surface area contributed by atoms with Crippen molar-refractivity contribution in [2.24, 2.45) is 7.05 Å². The minimum Gasteiger partial charge on any atom is -0.328 e. The first kappa shape index (κ1) is 16.1. The molecule has 3 rings (SSSR count). The third-order valence-corrected chi connectivity index (χ3v) is 5.72. The molecule has 0 radical (unpaired) electrons. The number of sulfonamides is 1. The molecule has 1 unspecified atom stereocenters. The molecule has 1 fully saturated rings. The summed E-state index contributed by atoms with van der Waals surface area (Å²) in [5, 5.41) is 8.61. The third kappa shape index (κ3) is 3.30. The highest BCUT2D eigenvalue weighted by Gasteiger charge is 2.30. The fraction of sp³-hybridized carbons (Fsp3) is 0.643. The van der Waals surface area contributed by atoms with Crippen LogP contribution in [-0.2, 0) is 23.6 Å². The van der Waals surface area contributed by atoms with Gasteiger partial charge < -0.3 is 9.13 Å². The molecular weight excluding hydrogens is 316 g/mol. The van der Waals surface area contributed by atoms with E-state index in [2.05, 4.69) is 15.2 Å². The number of hydrogen-bond donors (Lipinski definition) is 0. The normalized spacial score (nSPS) is 20.0. The zero-order valence-corrected chi connectivity index (χ0v) is 14.5. The zero-order chi connectivity index (χ0) is 16.6. The van der Waals surface area contributed by atoms with E-state index >= 15 is 0 Å². The Kier molecular flexibility index (Phi) is 4.24. The maximum atomic E-state index is 11.8. The number of aromatic nitrogens is 5. The van der Waals surface area contributed by atoms with E-state index in [4.69, 9.17) is 0 Å². The highest BCUT2D eigenvalue weighted by Crippen LogP contribution is 2.27. The van der Waals surface area contributed by atoms with Gasteiger partial charge in [-0.15, -0.1) is 10.2 Å². The van der Waals surface area contributed by atoms with Crippen molar-refractivity contribution in [3.63, 3.8) is 0 Å². The predicted octanol–water partition coefficient (Wildman–Crippen LogP) is 0.507. The average Bonchev–Trinajstić information content (AvgIpc) is 3.06. The van der Waals surface area contributed by atoms with Crippen molar-refractivity contribution in [3.8, 4) is 0 Å². The van der Waals surface area contributed by atoms with Gasteiger partial charge >= 0.3 is 0 Å². The van der Waals surface area contributed by atoms with Crippen LogP contribution >= 0.6 is 0 Å². The largest absolute Gasteiger partial charge is 0.328 e. The Morgan fingerprint density at radius 3 is 2.78 bits per heavy atom. The summed E-state index contributed by atoms with van der Waals surface area (Å²) >= 11 is 0. The van der Waals surface area contributed by atoms with E-state index in [1.54, 1.807) is 6.20 Å². The van der Waals surface area contributed by atoms with Gasteiger partial charge in [-0.05, 0) is 19.8 Å².